The van der Waals surface area contributed by atoms with Crippen molar-refractivity contribution in [3.8, 4) is 0 Å². The second-order valence-electron chi connectivity index (χ2n) is 2.25. The van der Waals surface area contributed by atoms with Crippen LogP contribution in [0.1, 0.15) is 0 Å². The van der Waals surface area contributed by atoms with Crippen molar-refractivity contribution in [2.24, 2.45) is 0 Å². The predicted octanol–water partition coefficient (Wildman–Crippen LogP) is -22.5. The van der Waals surface area contributed by atoms with Crippen LogP contribution in [0.3, 0.4) is 0 Å². The maximum absolute atomic E-state index is 8.61. The van der Waals surface area contributed by atoms with Crippen LogP contribution in [-0.4, -0.2) is 0 Å². The minimum Gasteiger partial charge on any atom is 0 e. The molecule has 0 aromatic carbocycles. The summed E-state index contributed by atoms with van der Waals surface area (Å²) in [6, 6.07) is 0. The van der Waals surface area contributed by atoms with Gasteiger partial charge < -0.3 is 0 Å². The Balaban J connectivity index is -0.0000000184. The molecule has 0 aromatic rings. The summed E-state index contributed by atoms with van der Waals surface area (Å²) in [6.45, 7) is 0. The van der Waals surface area contributed by atoms with E-state index in [0.717, 1.165) is 0 Å². The van der Waals surface area contributed by atoms with Crippen molar-refractivity contribution in [3.63, 3.8) is 0 Å². The average molecular weight is 1450 g/mol. The first-order valence-corrected chi connectivity index (χ1v) is 32.6. The Bertz CT molecular complexity index is 430. The Morgan fingerprint density at radius 2 is 0.200 bits per heavy atom. The quantitative estimate of drug-likeness (QED) is 0.203. The van der Waals surface area contributed by atoms with Crippen LogP contribution in [0.2, 0.25) is 0 Å². The van der Waals surface area contributed by atoms with Crippen molar-refractivity contribution in [1.29, 1.82) is 0 Å². The normalized spacial score (nSPS) is 5.85. The molecule has 0 aliphatic heterocycles. The molecule has 0 aliphatic carbocycles. The summed E-state index contributed by atoms with van der Waals surface area (Å²) >= 11 is -38.6. The fourth-order valence-electron chi connectivity index (χ4n) is 0. The van der Waals surface area contributed by atoms with E-state index >= 15 is 0 Å². The minimum absolute atomic E-state index is 0. The molecule has 0 bridgehead atoms. The van der Waals surface area contributed by atoms with Gasteiger partial charge in [0.05, 0.1) is 0 Å². The summed E-state index contributed by atoms with van der Waals surface area (Å²) in [6.07, 6.45) is 0. The Morgan fingerprint density at radius 3 is 0.200 bits per heavy atom. The molecule has 0 saturated carbocycles. The SMILES string of the molecule is [O]=[Zr]([O-])[O-].[O]=[Zr]([O-])[O-].[O]=[Zr]([O-])[O-].[O]=[Zr]([O-])[O-].[O]=[Zr]([O-])[O-].[O]=[Zr]([O-])[O-].[O]=[Zr]([O-])[O-].[O]=[Zr]([O-])[O-].[O]=[Zr]([O-])[O-].[Ti+4].[Ti+4].[V].[V]. The van der Waals surface area contributed by atoms with E-state index in [1.807, 2.05) is 0 Å². The van der Waals surface area contributed by atoms with Crippen molar-refractivity contribution < 1.29 is 367 Å². The third kappa shape index (κ3) is 1450. The number of rotatable bonds is 0. The first-order valence-electron chi connectivity index (χ1n) is 5.51. The van der Waals surface area contributed by atoms with Gasteiger partial charge in [-0.3, -0.25) is 0 Å². The number of hydrogen-bond acceptors (Lipinski definition) is 27. The summed E-state index contributed by atoms with van der Waals surface area (Å²) in [5, 5.41) is 0. The van der Waals surface area contributed by atoms with Gasteiger partial charge in [-0.1, -0.05) is 0 Å². The van der Waals surface area contributed by atoms with Gasteiger partial charge in [0.2, 0.25) is 0 Å². The van der Waals surface area contributed by atoms with Gasteiger partial charge in [0.15, 0.2) is 0 Å². The van der Waals surface area contributed by atoms with Crippen molar-refractivity contribution in [3.05, 3.63) is 0 Å². The summed E-state index contributed by atoms with van der Waals surface area (Å²) in [4.78, 5) is 0. The maximum Gasteiger partial charge on any atom is 4.00 e. The van der Waals surface area contributed by atoms with E-state index in [1.165, 1.54) is 0 Å². The smallest absolute Gasteiger partial charge is 0 e. The second kappa shape index (κ2) is 81.2. The molecule has 0 spiro atoms. The molecule has 0 amide bonds. The largest absolute Gasteiger partial charge is 4.00 e. The summed E-state index contributed by atoms with van der Waals surface area (Å²) in [5.41, 5.74) is 0. The van der Waals surface area contributed by atoms with Gasteiger partial charge in [-0.15, -0.1) is 0 Å². The van der Waals surface area contributed by atoms with Crippen LogP contribution >= 0.6 is 0 Å². The van der Waals surface area contributed by atoms with Crippen LogP contribution in [0.4, 0.5) is 0 Å². The van der Waals surface area contributed by atoms with E-state index in [0.29, 0.717) is 0 Å². The molecule has 0 aliphatic rings. The molecule has 0 unspecified atom stereocenters. The fraction of sp³-hybridized carbons (Fsp3) is 0. The van der Waals surface area contributed by atoms with Gasteiger partial charge >= 0.3 is 330 Å². The topological polar surface area (TPSA) is 569 Å². The minimum atomic E-state index is -4.29. The van der Waals surface area contributed by atoms with Gasteiger partial charge in [-0.2, -0.15) is 0 Å². The summed E-state index contributed by atoms with van der Waals surface area (Å²) in [7, 11) is 0. The van der Waals surface area contributed by atoms with Gasteiger partial charge in [-0.05, 0) is 0 Å². The third-order valence-corrected chi connectivity index (χ3v) is 0. The summed E-state index contributed by atoms with van der Waals surface area (Å²) < 4.78 is 233. The zero-order valence-corrected chi connectivity index (χ0v) is 45.5. The molecule has 0 N–H and O–H groups in total. The zero-order chi connectivity index (χ0) is 32.2. The molecule has 0 aromatic heterocycles. The van der Waals surface area contributed by atoms with Crippen LogP contribution in [0.5, 0.6) is 0 Å². The zero-order valence-electron chi connectivity index (χ0n) is 17.4. The molecule has 0 heterocycles. The molecule has 0 saturated heterocycles. The van der Waals surface area contributed by atoms with E-state index in [4.69, 9.17) is 82.6 Å². The molecule has 40 heteroatoms. The molecule has 40 heavy (non-hydrogen) atoms. The monoisotopic (exact) mass is 1440 g/mol. The molecule has 0 atom stereocenters. The third-order valence-electron chi connectivity index (χ3n) is 0. The van der Waals surface area contributed by atoms with Crippen molar-refractivity contribution in [1.82, 2.24) is 0 Å². The van der Waals surface area contributed by atoms with Crippen LogP contribution in [0, 0.1) is 0 Å². The standard InChI is InChI=1S/27O.2Ti.2V.9Zr/q;;;;;;;;;18*-1;2*+4;;;;;;;;;;;. The Labute approximate surface area is 357 Å². The van der Waals surface area contributed by atoms with Gasteiger partial charge in [-0.25, -0.2) is 0 Å². The molecule has 2 radical (unpaired) electrons. The van der Waals surface area contributed by atoms with Gasteiger partial charge in [0.1, 0.15) is 0 Å². The van der Waals surface area contributed by atoms with Crippen LogP contribution in [-0.2, 0) is 310 Å². The molecular weight excluding hydrogens is 1450 g/mol. The first kappa shape index (κ1) is 86.6. The molecular formula is O27Ti2V2Zr9-10. The maximum atomic E-state index is 8.61. The van der Waals surface area contributed by atoms with E-state index in [1.54, 1.807) is 0 Å². The first-order chi connectivity index (χ1) is 15.6. The van der Waals surface area contributed by atoms with Crippen molar-refractivity contribution in [2.75, 3.05) is 0 Å². The Hall–Kier alpha value is 8.03. The fourth-order valence-corrected chi connectivity index (χ4v) is 0. The van der Waals surface area contributed by atoms with E-state index in [-0.39, 0.29) is 80.5 Å². The molecule has 226 valence electrons. The van der Waals surface area contributed by atoms with Gasteiger partial charge in [0, 0.05) is 37.1 Å². The van der Waals surface area contributed by atoms with Crippen LogP contribution in [0.15, 0.2) is 0 Å². The van der Waals surface area contributed by atoms with Gasteiger partial charge in [0.25, 0.3) is 0 Å². The Kier molecular flexibility index (Phi) is 176. The predicted molar refractivity (Wildman–Crippen MR) is 6.18 cm³/mol. The average Bonchev–Trinajstić information content (AvgIpc) is 2.39. The second-order valence-corrected chi connectivity index (χ2v) is 13.3. The molecule has 0 fully saturated rings. The molecule has 27 nitrogen and oxygen atoms in total. The van der Waals surface area contributed by atoms with Crippen LogP contribution in [0.25, 0.3) is 0 Å². The summed E-state index contributed by atoms with van der Waals surface area (Å²) in [5.74, 6) is 0. The van der Waals surface area contributed by atoms with E-state index in [2.05, 4.69) is 0 Å². The number of hydrogen-bond donors (Lipinski definition) is 0. The van der Waals surface area contributed by atoms with E-state index in [9.17, 15) is 0 Å². The van der Waals surface area contributed by atoms with Crippen molar-refractivity contribution >= 4 is 0 Å². The van der Waals surface area contributed by atoms with Crippen LogP contribution < -0.4 is 57.3 Å². The van der Waals surface area contributed by atoms with E-state index < -0.39 is 204 Å². The molecule has 0 rings (SSSR count). The Morgan fingerprint density at radius 1 is 0.200 bits per heavy atom. The van der Waals surface area contributed by atoms with Crippen molar-refractivity contribution in [2.45, 2.75) is 0 Å².